The average molecular weight is 351 g/mol. The molecular formula is C22H29N3O. The van der Waals surface area contributed by atoms with Crippen LogP contribution in [-0.4, -0.2) is 59.2 Å². The van der Waals surface area contributed by atoms with Gasteiger partial charge in [-0.05, 0) is 69.0 Å². The topological polar surface area (TPSA) is 42.5 Å². The number of piperidine rings is 1. The van der Waals surface area contributed by atoms with Crippen molar-refractivity contribution in [2.75, 3.05) is 33.2 Å². The first-order valence-electron chi connectivity index (χ1n) is 10.1. The third-order valence-electron chi connectivity index (χ3n) is 6.91. The van der Waals surface area contributed by atoms with E-state index < -0.39 is 5.60 Å². The zero-order chi connectivity index (χ0) is 17.7. The summed E-state index contributed by atoms with van der Waals surface area (Å²) in [4.78, 5) is 8.37. The van der Waals surface area contributed by atoms with E-state index in [1.807, 2.05) is 0 Å². The van der Waals surface area contributed by atoms with E-state index in [-0.39, 0.29) is 0 Å². The Balaban J connectivity index is 1.50. The lowest BCUT2D eigenvalue weighted by Crippen LogP contribution is -2.40. The lowest BCUT2D eigenvalue weighted by Gasteiger charge is -2.37. The lowest BCUT2D eigenvalue weighted by atomic mass is 9.83. The molecule has 3 aliphatic heterocycles. The fourth-order valence-electron chi connectivity index (χ4n) is 5.10. The van der Waals surface area contributed by atoms with E-state index in [0.717, 1.165) is 50.5 Å². The van der Waals surface area contributed by atoms with Gasteiger partial charge in [0.2, 0.25) is 0 Å². The van der Waals surface area contributed by atoms with E-state index in [9.17, 15) is 5.11 Å². The maximum absolute atomic E-state index is 11.2. The number of aliphatic hydroxyl groups is 1. The third-order valence-corrected chi connectivity index (χ3v) is 6.91. The van der Waals surface area contributed by atoms with Gasteiger partial charge in [-0.15, -0.1) is 0 Å². The van der Waals surface area contributed by atoms with Crippen LogP contribution in [0.1, 0.15) is 43.2 Å². The second-order valence-electron chi connectivity index (χ2n) is 8.52. The van der Waals surface area contributed by atoms with Crippen molar-refractivity contribution in [1.29, 1.82) is 0 Å². The Morgan fingerprint density at radius 3 is 2.88 bits per heavy atom. The Hall–Kier alpha value is -1.62. The zero-order valence-electron chi connectivity index (χ0n) is 15.7. The fourth-order valence-corrected chi connectivity index (χ4v) is 5.10. The van der Waals surface area contributed by atoms with Crippen molar-refractivity contribution in [3.8, 4) is 0 Å². The third kappa shape index (κ3) is 2.72. The summed E-state index contributed by atoms with van der Waals surface area (Å²) in [6.45, 7) is 4.25. The molecule has 138 valence electrons. The predicted octanol–water partition coefficient (Wildman–Crippen LogP) is 3.33. The predicted molar refractivity (Wildman–Crippen MR) is 106 cm³/mol. The van der Waals surface area contributed by atoms with E-state index in [2.05, 4.69) is 52.3 Å². The van der Waals surface area contributed by atoms with Crippen molar-refractivity contribution < 1.29 is 5.11 Å². The molecule has 2 aromatic rings. The molecule has 0 saturated carbocycles. The first-order valence-corrected chi connectivity index (χ1v) is 10.1. The first-order chi connectivity index (χ1) is 12.6. The van der Waals surface area contributed by atoms with Gasteiger partial charge in [0.25, 0.3) is 0 Å². The molecule has 2 N–H and O–H groups in total. The van der Waals surface area contributed by atoms with E-state index >= 15 is 0 Å². The van der Waals surface area contributed by atoms with Crippen molar-refractivity contribution in [2.24, 2.45) is 0 Å². The van der Waals surface area contributed by atoms with Crippen LogP contribution >= 0.6 is 0 Å². The van der Waals surface area contributed by atoms with E-state index in [0.29, 0.717) is 0 Å². The zero-order valence-corrected chi connectivity index (χ0v) is 15.7. The molecule has 4 heteroatoms. The Bertz CT molecular complexity index is 844. The summed E-state index contributed by atoms with van der Waals surface area (Å²) in [5.41, 5.74) is 4.39. The smallest absolute Gasteiger partial charge is 0.0921 e. The molecule has 0 aliphatic carbocycles. The van der Waals surface area contributed by atoms with Crippen molar-refractivity contribution in [2.45, 2.75) is 43.7 Å². The van der Waals surface area contributed by atoms with Crippen LogP contribution in [0, 0.1) is 0 Å². The minimum Gasteiger partial charge on any atom is -0.385 e. The largest absolute Gasteiger partial charge is 0.385 e. The molecule has 1 atom stereocenters. The fraction of sp³-hybridized carbons (Fsp3) is 0.545. The maximum Gasteiger partial charge on any atom is 0.0921 e. The van der Waals surface area contributed by atoms with E-state index in [1.165, 1.54) is 41.4 Å². The van der Waals surface area contributed by atoms with Crippen LogP contribution in [0.4, 0.5) is 0 Å². The molecule has 0 amide bonds. The number of rotatable bonds is 2. The minimum absolute atomic E-state index is 0.682. The van der Waals surface area contributed by atoms with Gasteiger partial charge in [-0.25, -0.2) is 0 Å². The molecule has 5 rings (SSSR count). The van der Waals surface area contributed by atoms with Crippen LogP contribution in [0.25, 0.3) is 16.5 Å². The monoisotopic (exact) mass is 351 g/mol. The highest BCUT2D eigenvalue weighted by molar-refractivity contribution is 5.93. The number of benzene rings is 1. The highest BCUT2D eigenvalue weighted by atomic mass is 16.3. The molecule has 1 aromatic carbocycles. The second-order valence-corrected chi connectivity index (χ2v) is 8.52. The SMILES string of the molecule is CN1CCC(O)(c2ccc3[nH]cc(C4=CCN5CCCC5C4)c3c2)CC1. The van der Waals surface area contributed by atoms with Crippen molar-refractivity contribution in [3.05, 3.63) is 41.6 Å². The Morgan fingerprint density at radius 2 is 2.04 bits per heavy atom. The van der Waals surface area contributed by atoms with Gasteiger partial charge in [0.15, 0.2) is 0 Å². The van der Waals surface area contributed by atoms with Crippen molar-refractivity contribution in [3.63, 3.8) is 0 Å². The number of H-pyrrole nitrogens is 1. The van der Waals surface area contributed by atoms with Crippen molar-refractivity contribution >= 4 is 16.5 Å². The minimum atomic E-state index is -0.682. The normalized spacial score (nSPS) is 26.8. The van der Waals surface area contributed by atoms with Crippen LogP contribution in [-0.2, 0) is 5.60 Å². The summed E-state index contributed by atoms with van der Waals surface area (Å²) in [5, 5.41) is 12.5. The van der Waals surface area contributed by atoms with Crippen LogP contribution < -0.4 is 0 Å². The number of aromatic nitrogens is 1. The molecule has 3 aliphatic rings. The summed E-state index contributed by atoms with van der Waals surface area (Å²) in [6.07, 6.45) is 10.0. The number of hydrogen-bond acceptors (Lipinski definition) is 3. The van der Waals surface area contributed by atoms with E-state index in [1.54, 1.807) is 0 Å². The molecule has 2 saturated heterocycles. The van der Waals surface area contributed by atoms with Crippen LogP contribution in [0.5, 0.6) is 0 Å². The highest BCUT2D eigenvalue weighted by Crippen LogP contribution is 2.38. The summed E-state index contributed by atoms with van der Waals surface area (Å²) in [7, 11) is 2.13. The number of nitrogens with one attached hydrogen (secondary N) is 1. The van der Waals surface area contributed by atoms with E-state index in [4.69, 9.17) is 0 Å². The quantitative estimate of drug-likeness (QED) is 0.872. The number of fused-ring (bicyclic) bond motifs is 2. The Kier molecular flexibility index (Phi) is 3.96. The van der Waals surface area contributed by atoms with Gasteiger partial charge in [0.05, 0.1) is 5.60 Å². The molecule has 1 aromatic heterocycles. The molecular weight excluding hydrogens is 322 g/mol. The summed E-state index contributed by atoms with van der Waals surface area (Å²) in [6, 6.07) is 7.23. The number of aromatic amines is 1. The second kappa shape index (κ2) is 6.22. The molecule has 4 heterocycles. The standard InChI is InChI=1S/C22H29N3O/c1-24-11-7-22(26,8-12-24)17-4-5-21-19(14-17)20(15-23-21)16-6-10-25-9-2-3-18(25)13-16/h4-6,14-15,18,23,26H,2-3,7-13H2,1H3. The van der Waals surface area contributed by atoms with Crippen LogP contribution in [0.15, 0.2) is 30.5 Å². The molecule has 0 spiro atoms. The number of hydrogen-bond donors (Lipinski definition) is 2. The van der Waals surface area contributed by atoms with Crippen LogP contribution in [0.2, 0.25) is 0 Å². The van der Waals surface area contributed by atoms with Gasteiger partial charge in [-0.3, -0.25) is 4.90 Å². The van der Waals surface area contributed by atoms with Gasteiger partial charge in [0, 0.05) is 48.3 Å². The molecule has 4 nitrogen and oxygen atoms in total. The molecule has 26 heavy (non-hydrogen) atoms. The summed E-state index contributed by atoms with van der Waals surface area (Å²) >= 11 is 0. The van der Waals surface area contributed by atoms with Gasteiger partial charge in [-0.1, -0.05) is 12.1 Å². The van der Waals surface area contributed by atoms with Crippen molar-refractivity contribution in [1.82, 2.24) is 14.8 Å². The van der Waals surface area contributed by atoms with Crippen LogP contribution in [0.3, 0.4) is 0 Å². The van der Waals surface area contributed by atoms with Gasteiger partial charge in [-0.2, -0.15) is 0 Å². The summed E-state index contributed by atoms with van der Waals surface area (Å²) in [5.74, 6) is 0. The highest BCUT2D eigenvalue weighted by Gasteiger charge is 2.33. The number of nitrogens with zero attached hydrogens (tertiary/aromatic N) is 2. The average Bonchev–Trinajstić information content (AvgIpc) is 3.29. The maximum atomic E-state index is 11.2. The molecule has 0 bridgehead atoms. The van der Waals surface area contributed by atoms with Gasteiger partial charge in [0.1, 0.15) is 0 Å². The Morgan fingerprint density at radius 1 is 1.19 bits per heavy atom. The first kappa shape index (κ1) is 16.5. The lowest BCUT2D eigenvalue weighted by molar-refractivity contribution is -0.0202. The number of likely N-dealkylation sites (tertiary alicyclic amines) is 1. The molecule has 2 fully saturated rings. The van der Waals surface area contributed by atoms with Gasteiger partial charge < -0.3 is 15.0 Å². The van der Waals surface area contributed by atoms with Gasteiger partial charge >= 0.3 is 0 Å². The molecule has 1 unspecified atom stereocenters. The summed E-state index contributed by atoms with van der Waals surface area (Å²) < 4.78 is 0. The molecule has 0 radical (unpaired) electrons. The Labute approximate surface area is 155 Å².